The van der Waals surface area contributed by atoms with E-state index in [1.807, 2.05) is 11.8 Å². The Morgan fingerprint density at radius 1 is 1.28 bits per heavy atom. The fraction of sp³-hybridized carbons (Fsp3) is 0.571. The van der Waals surface area contributed by atoms with Crippen molar-refractivity contribution in [2.45, 2.75) is 11.9 Å². The Labute approximate surface area is 113 Å². The van der Waals surface area contributed by atoms with E-state index in [2.05, 4.69) is 41.0 Å². The predicted octanol–water partition coefficient (Wildman–Crippen LogP) is 1.09. The fourth-order valence-corrected chi connectivity index (χ4v) is 2.98. The van der Waals surface area contributed by atoms with Gasteiger partial charge in [-0.2, -0.15) is 11.8 Å². The Bertz CT molecular complexity index is 334. The van der Waals surface area contributed by atoms with Crippen molar-refractivity contribution in [2.24, 2.45) is 5.92 Å². The number of benzene rings is 1. The van der Waals surface area contributed by atoms with Crippen LogP contribution in [0.15, 0.2) is 30.3 Å². The molecule has 18 heavy (non-hydrogen) atoms. The molecule has 1 saturated heterocycles. The molecule has 1 heterocycles. The van der Waals surface area contributed by atoms with Crippen LogP contribution in [0.25, 0.3) is 0 Å². The number of hydrogen-bond donors (Lipinski definition) is 3. The van der Waals surface area contributed by atoms with Crippen molar-refractivity contribution >= 4 is 11.8 Å². The quantitative estimate of drug-likeness (QED) is 0.647. The zero-order valence-corrected chi connectivity index (χ0v) is 11.5. The zero-order chi connectivity index (χ0) is 12.6. The molecule has 0 saturated carbocycles. The maximum absolute atomic E-state index is 9.63. The molecule has 3 nitrogen and oxygen atoms in total. The smallest absolute Gasteiger partial charge is 0.0716 e. The lowest BCUT2D eigenvalue weighted by Crippen LogP contribution is -2.31. The van der Waals surface area contributed by atoms with Crippen molar-refractivity contribution < 1.29 is 5.11 Å². The Balaban J connectivity index is 1.49. The molecule has 1 aromatic carbocycles. The van der Waals surface area contributed by atoms with Crippen LogP contribution >= 0.6 is 11.8 Å². The van der Waals surface area contributed by atoms with Crippen molar-refractivity contribution in [2.75, 3.05) is 31.9 Å². The third kappa shape index (κ3) is 4.61. The predicted molar refractivity (Wildman–Crippen MR) is 77.8 cm³/mol. The summed E-state index contributed by atoms with van der Waals surface area (Å²) in [5, 5.41) is 16.3. The molecule has 0 amide bonds. The largest absolute Gasteiger partial charge is 0.391 e. The lowest BCUT2D eigenvalue weighted by Gasteiger charge is -2.13. The van der Waals surface area contributed by atoms with Gasteiger partial charge in [0.15, 0.2) is 0 Å². The fourth-order valence-electron chi connectivity index (χ4n) is 2.12. The average molecular weight is 266 g/mol. The van der Waals surface area contributed by atoms with Crippen LogP contribution in [0.4, 0.5) is 0 Å². The van der Waals surface area contributed by atoms with Gasteiger partial charge in [0, 0.05) is 43.6 Å². The molecular weight excluding hydrogens is 244 g/mol. The van der Waals surface area contributed by atoms with Crippen LogP contribution in [0, 0.1) is 5.92 Å². The van der Waals surface area contributed by atoms with Crippen LogP contribution in [0.1, 0.15) is 5.56 Å². The summed E-state index contributed by atoms with van der Waals surface area (Å²) in [5.41, 5.74) is 1.39. The van der Waals surface area contributed by atoms with Crippen molar-refractivity contribution in [1.82, 2.24) is 10.6 Å². The van der Waals surface area contributed by atoms with Gasteiger partial charge in [0.05, 0.1) is 6.10 Å². The molecule has 3 N–H and O–H groups in total. The highest BCUT2D eigenvalue weighted by Gasteiger charge is 2.23. The molecule has 0 bridgehead atoms. The van der Waals surface area contributed by atoms with Gasteiger partial charge in [0.25, 0.3) is 0 Å². The number of rotatable bonds is 7. The molecule has 0 spiro atoms. The van der Waals surface area contributed by atoms with E-state index < -0.39 is 0 Å². The van der Waals surface area contributed by atoms with Crippen LogP contribution < -0.4 is 10.6 Å². The SMILES string of the molecule is OC1CNCC1CNCCSCc1ccccc1. The lowest BCUT2D eigenvalue weighted by molar-refractivity contribution is 0.147. The summed E-state index contributed by atoms with van der Waals surface area (Å²) in [7, 11) is 0. The number of thioether (sulfide) groups is 1. The van der Waals surface area contributed by atoms with Crippen LogP contribution in [-0.4, -0.2) is 43.1 Å². The molecule has 100 valence electrons. The number of aliphatic hydroxyl groups is 1. The highest BCUT2D eigenvalue weighted by molar-refractivity contribution is 7.98. The average Bonchev–Trinajstić information content (AvgIpc) is 2.81. The van der Waals surface area contributed by atoms with E-state index in [1.165, 1.54) is 5.56 Å². The molecule has 2 unspecified atom stereocenters. The molecule has 0 aromatic heterocycles. The zero-order valence-electron chi connectivity index (χ0n) is 10.6. The monoisotopic (exact) mass is 266 g/mol. The van der Waals surface area contributed by atoms with Gasteiger partial charge >= 0.3 is 0 Å². The summed E-state index contributed by atoms with van der Waals surface area (Å²) >= 11 is 1.95. The summed E-state index contributed by atoms with van der Waals surface area (Å²) in [4.78, 5) is 0. The van der Waals surface area contributed by atoms with Crippen molar-refractivity contribution in [1.29, 1.82) is 0 Å². The second-order valence-corrected chi connectivity index (χ2v) is 5.83. The van der Waals surface area contributed by atoms with Gasteiger partial charge < -0.3 is 15.7 Å². The van der Waals surface area contributed by atoms with Gasteiger partial charge in [0.1, 0.15) is 0 Å². The third-order valence-corrected chi connectivity index (χ3v) is 4.28. The van der Waals surface area contributed by atoms with E-state index in [9.17, 15) is 5.11 Å². The van der Waals surface area contributed by atoms with Crippen molar-refractivity contribution in [3.63, 3.8) is 0 Å². The molecule has 0 aliphatic carbocycles. The third-order valence-electron chi connectivity index (χ3n) is 3.25. The Morgan fingerprint density at radius 2 is 2.11 bits per heavy atom. The first-order chi connectivity index (χ1) is 8.86. The van der Waals surface area contributed by atoms with Crippen LogP contribution in [0.3, 0.4) is 0 Å². The van der Waals surface area contributed by atoms with Crippen molar-refractivity contribution in [3.05, 3.63) is 35.9 Å². The minimum absolute atomic E-state index is 0.172. The number of β-amino-alcohol motifs (C(OH)–C–C–N with tert-alkyl or cyclic N) is 1. The number of nitrogens with one attached hydrogen (secondary N) is 2. The standard InChI is InChI=1S/C14H22N2OS/c17-14-10-16-9-13(14)8-15-6-7-18-11-12-4-2-1-3-5-12/h1-5,13-17H,6-11H2. The summed E-state index contributed by atoms with van der Waals surface area (Å²) in [6.45, 7) is 3.61. The lowest BCUT2D eigenvalue weighted by atomic mass is 10.1. The topological polar surface area (TPSA) is 44.3 Å². The molecule has 2 atom stereocenters. The molecule has 1 aromatic rings. The number of aliphatic hydroxyl groups excluding tert-OH is 1. The Morgan fingerprint density at radius 3 is 2.83 bits per heavy atom. The van der Waals surface area contributed by atoms with E-state index >= 15 is 0 Å². The normalized spacial score (nSPS) is 23.4. The van der Waals surface area contributed by atoms with Crippen LogP contribution in [-0.2, 0) is 5.75 Å². The summed E-state index contributed by atoms with van der Waals surface area (Å²) < 4.78 is 0. The van der Waals surface area contributed by atoms with Crippen molar-refractivity contribution in [3.8, 4) is 0 Å². The first-order valence-electron chi connectivity index (χ1n) is 6.57. The molecule has 0 radical (unpaired) electrons. The minimum Gasteiger partial charge on any atom is -0.391 e. The first-order valence-corrected chi connectivity index (χ1v) is 7.73. The van der Waals surface area contributed by atoms with E-state index in [4.69, 9.17) is 0 Å². The molecule has 4 heteroatoms. The Hall–Kier alpha value is -0.550. The molecule has 2 rings (SSSR count). The highest BCUT2D eigenvalue weighted by atomic mass is 32.2. The van der Waals surface area contributed by atoms with Gasteiger partial charge in [0.2, 0.25) is 0 Å². The maximum atomic E-state index is 9.63. The second-order valence-electron chi connectivity index (χ2n) is 4.73. The van der Waals surface area contributed by atoms with Crippen LogP contribution in [0.2, 0.25) is 0 Å². The number of hydrogen-bond acceptors (Lipinski definition) is 4. The van der Waals surface area contributed by atoms with Gasteiger partial charge in [-0.15, -0.1) is 0 Å². The van der Waals surface area contributed by atoms with E-state index in [0.717, 1.165) is 37.7 Å². The van der Waals surface area contributed by atoms with Gasteiger partial charge in [-0.25, -0.2) is 0 Å². The van der Waals surface area contributed by atoms with Gasteiger partial charge in [-0.3, -0.25) is 0 Å². The van der Waals surface area contributed by atoms with Gasteiger partial charge in [-0.1, -0.05) is 30.3 Å². The Kier molecular flexibility index (Phi) is 6.00. The summed E-state index contributed by atoms with van der Waals surface area (Å²) in [5.74, 6) is 2.57. The highest BCUT2D eigenvalue weighted by Crippen LogP contribution is 2.11. The van der Waals surface area contributed by atoms with Gasteiger partial charge in [-0.05, 0) is 5.56 Å². The summed E-state index contributed by atoms with van der Waals surface area (Å²) in [6.07, 6.45) is -0.172. The van der Waals surface area contributed by atoms with Crippen LogP contribution in [0.5, 0.6) is 0 Å². The second kappa shape index (κ2) is 7.79. The molecule has 1 fully saturated rings. The van der Waals surface area contributed by atoms with E-state index in [-0.39, 0.29) is 6.10 Å². The molecular formula is C14H22N2OS. The maximum Gasteiger partial charge on any atom is 0.0716 e. The molecule has 1 aliphatic heterocycles. The molecule has 1 aliphatic rings. The first kappa shape index (κ1) is 13.9. The minimum atomic E-state index is -0.172. The summed E-state index contributed by atoms with van der Waals surface area (Å²) in [6, 6.07) is 10.6. The van der Waals surface area contributed by atoms with E-state index in [0.29, 0.717) is 5.92 Å². The van der Waals surface area contributed by atoms with E-state index in [1.54, 1.807) is 0 Å².